The van der Waals surface area contributed by atoms with Crippen LogP contribution in [0.25, 0.3) is 0 Å². The molecule has 0 heterocycles. The summed E-state index contributed by atoms with van der Waals surface area (Å²) >= 11 is 0. The van der Waals surface area contributed by atoms with Gasteiger partial charge in [0.2, 0.25) is 21.8 Å². The van der Waals surface area contributed by atoms with Crippen LogP contribution >= 0.6 is 0 Å². The summed E-state index contributed by atoms with van der Waals surface area (Å²) in [4.78, 5) is 29.1. The molecule has 40 heavy (non-hydrogen) atoms. The highest BCUT2D eigenvalue weighted by Gasteiger charge is 2.33. The number of carbonyl (C=O) groups is 2. The third-order valence-electron chi connectivity index (χ3n) is 6.29. The number of carbonyl (C=O) groups excluding carboxylic acids is 2. The molecule has 1 atom stereocenters. The Bertz CT molecular complexity index is 1360. The molecule has 0 aliphatic rings. The van der Waals surface area contributed by atoms with E-state index in [1.807, 2.05) is 82.3 Å². The maximum atomic E-state index is 14.1. The molecule has 0 saturated heterocycles. The molecule has 3 rings (SSSR count). The minimum Gasteiger partial charge on any atom is -0.494 e. The van der Waals surface area contributed by atoms with Crippen LogP contribution in [0.2, 0.25) is 0 Å². The first-order chi connectivity index (χ1) is 19.0. The molecular formula is C31H39N3O5S. The molecule has 9 heteroatoms. The van der Waals surface area contributed by atoms with Crippen LogP contribution in [0.1, 0.15) is 37.5 Å². The fourth-order valence-corrected chi connectivity index (χ4v) is 5.16. The van der Waals surface area contributed by atoms with Crippen LogP contribution in [0.4, 0.5) is 5.69 Å². The van der Waals surface area contributed by atoms with Crippen molar-refractivity contribution in [1.29, 1.82) is 0 Å². The van der Waals surface area contributed by atoms with Gasteiger partial charge in [0, 0.05) is 19.0 Å². The summed E-state index contributed by atoms with van der Waals surface area (Å²) < 4.78 is 32.3. The fourth-order valence-electron chi connectivity index (χ4n) is 4.31. The molecule has 2 amide bonds. The molecule has 3 aromatic rings. The van der Waals surface area contributed by atoms with Crippen molar-refractivity contribution >= 4 is 27.5 Å². The highest BCUT2D eigenvalue weighted by atomic mass is 32.2. The summed E-state index contributed by atoms with van der Waals surface area (Å²) in [5.74, 6) is -0.189. The number of rotatable bonds is 13. The van der Waals surface area contributed by atoms with E-state index in [4.69, 9.17) is 4.74 Å². The number of anilines is 1. The number of amides is 2. The van der Waals surface area contributed by atoms with Crippen molar-refractivity contribution in [3.05, 3.63) is 95.6 Å². The first-order valence-electron chi connectivity index (χ1n) is 13.4. The Morgan fingerprint density at radius 2 is 1.52 bits per heavy atom. The van der Waals surface area contributed by atoms with Gasteiger partial charge in [-0.15, -0.1) is 0 Å². The van der Waals surface area contributed by atoms with Gasteiger partial charge in [-0.3, -0.25) is 13.9 Å². The van der Waals surface area contributed by atoms with E-state index in [0.29, 0.717) is 18.0 Å². The summed E-state index contributed by atoms with van der Waals surface area (Å²) in [6.07, 6.45) is 1.34. The topological polar surface area (TPSA) is 96.0 Å². The minimum atomic E-state index is -3.83. The van der Waals surface area contributed by atoms with E-state index < -0.39 is 28.5 Å². The van der Waals surface area contributed by atoms with Crippen molar-refractivity contribution in [3.63, 3.8) is 0 Å². The maximum Gasteiger partial charge on any atom is 0.244 e. The smallest absolute Gasteiger partial charge is 0.244 e. The molecule has 0 saturated carbocycles. The lowest BCUT2D eigenvalue weighted by Crippen LogP contribution is -2.54. The zero-order valence-corrected chi connectivity index (χ0v) is 24.6. The first kappa shape index (κ1) is 30.7. The van der Waals surface area contributed by atoms with Gasteiger partial charge < -0.3 is 15.0 Å². The fraction of sp³-hybridized carbons (Fsp3) is 0.355. The highest BCUT2D eigenvalue weighted by molar-refractivity contribution is 7.92. The minimum absolute atomic E-state index is 0.140. The van der Waals surface area contributed by atoms with Crippen molar-refractivity contribution < 1.29 is 22.7 Å². The van der Waals surface area contributed by atoms with E-state index in [2.05, 4.69) is 5.32 Å². The van der Waals surface area contributed by atoms with E-state index in [0.717, 1.165) is 27.3 Å². The maximum absolute atomic E-state index is 14.1. The van der Waals surface area contributed by atoms with Gasteiger partial charge in [-0.05, 0) is 63.1 Å². The second-order valence-corrected chi connectivity index (χ2v) is 12.0. The van der Waals surface area contributed by atoms with E-state index in [1.54, 1.807) is 24.3 Å². The van der Waals surface area contributed by atoms with E-state index in [9.17, 15) is 18.0 Å². The number of aryl methyl sites for hydroxylation is 1. The quantitative estimate of drug-likeness (QED) is 0.333. The van der Waals surface area contributed by atoms with Gasteiger partial charge in [-0.2, -0.15) is 0 Å². The normalized spacial score (nSPS) is 12.1. The number of nitrogens with zero attached hydrogens (tertiary/aromatic N) is 2. The Morgan fingerprint density at radius 3 is 2.08 bits per heavy atom. The highest BCUT2D eigenvalue weighted by Crippen LogP contribution is 2.23. The van der Waals surface area contributed by atoms with Gasteiger partial charge in [0.1, 0.15) is 18.3 Å². The first-order valence-corrected chi connectivity index (χ1v) is 15.2. The molecule has 1 N–H and O–H groups in total. The molecular weight excluding hydrogens is 526 g/mol. The van der Waals surface area contributed by atoms with E-state index >= 15 is 0 Å². The Hall–Kier alpha value is -3.85. The van der Waals surface area contributed by atoms with Gasteiger partial charge in [0.05, 0.1) is 18.6 Å². The Morgan fingerprint density at radius 1 is 0.900 bits per heavy atom. The monoisotopic (exact) mass is 565 g/mol. The Labute approximate surface area is 238 Å². The van der Waals surface area contributed by atoms with Crippen molar-refractivity contribution in [2.75, 3.05) is 23.7 Å². The molecule has 0 fully saturated rings. The average molecular weight is 566 g/mol. The molecule has 3 aromatic carbocycles. The largest absolute Gasteiger partial charge is 0.494 e. The zero-order chi connectivity index (χ0) is 29.3. The number of hydrogen-bond donors (Lipinski definition) is 1. The van der Waals surface area contributed by atoms with Crippen LogP contribution in [0.15, 0.2) is 78.9 Å². The summed E-state index contributed by atoms with van der Waals surface area (Å²) in [5, 5.41) is 2.95. The van der Waals surface area contributed by atoms with Gasteiger partial charge in [-0.1, -0.05) is 60.2 Å². The molecule has 8 nitrogen and oxygen atoms in total. The van der Waals surface area contributed by atoms with Crippen molar-refractivity contribution in [3.8, 4) is 5.75 Å². The lowest BCUT2D eigenvalue weighted by molar-refractivity contribution is -0.140. The van der Waals surface area contributed by atoms with Crippen molar-refractivity contribution in [1.82, 2.24) is 10.2 Å². The summed E-state index contributed by atoms with van der Waals surface area (Å²) in [6, 6.07) is 22.7. The van der Waals surface area contributed by atoms with E-state index in [-0.39, 0.29) is 24.9 Å². The molecule has 0 spiro atoms. The molecule has 0 aliphatic heterocycles. The van der Waals surface area contributed by atoms with Gasteiger partial charge in [0.15, 0.2) is 0 Å². The standard InChI is InChI=1S/C31H39N3O5S/c1-6-39-28-18-16-27(17-19-28)34(40(5,37)38)22-30(35)33(21-26-14-12-24(4)13-15-26)29(31(36)32-23(2)3)20-25-10-8-7-9-11-25/h7-19,23,29H,6,20-22H2,1-5H3,(H,32,36). The molecule has 0 radical (unpaired) electrons. The second kappa shape index (κ2) is 14.0. The van der Waals surface area contributed by atoms with Crippen molar-refractivity contribution in [2.24, 2.45) is 0 Å². The molecule has 214 valence electrons. The molecule has 0 aliphatic carbocycles. The lowest BCUT2D eigenvalue weighted by atomic mass is 10.0. The zero-order valence-electron chi connectivity index (χ0n) is 23.8. The SMILES string of the molecule is CCOc1ccc(N(CC(=O)N(Cc2ccc(C)cc2)C(Cc2ccccc2)C(=O)NC(C)C)S(C)(=O)=O)cc1. The number of hydrogen-bond acceptors (Lipinski definition) is 5. The Kier molecular flexibility index (Phi) is 10.7. The van der Waals surface area contributed by atoms with Gasteiger partial charge in [-0.25, -0.2) is 8.42 Å². The summed E-state index contributed by atoms with van der Waals surface area (Å²) in [7, 11) is -3.83. The average Bonchev–Trinajstić information content (AvgIpc) is 2.90. The number of nitrogens with one attached hydrogen (secondary N) is 1. The summed E-state index contributed by atoms with van der Waals surface area (Å²) in [5.41, 5.74) is 3.13. The van der Waals surface area contributed by atoms with Crippen molar-refractivity contribution in [2.45, 2.75) is 52.7 Å². The lowest BCUT2D eigenvalue weighted by Gasteiger charge is -2.34. The number of benzene rings is 3. The van der Waals surface area contributed by atoms with Crippen LogP contribution in [-0.4, -0.2) is 56.6 Å². The van der Waals surface area contributed by atoms with Crippen LogP contribution < -0.4 is 14.4 Å². The number of sulfonamides is 1. The molecule has 0 aromatic heterocycles. The molecule has 1 unspecified atom stereocenters. The van der Waals surface area contributed by atoms with Gasteiger partial charge in [0.25, 0.3) is 0 Å². The van der Waals surface area contributed by atoms with Crippen LogP contribution in [-0.2, 0) is 32.6 Å². The van der Waals surface area contributed by atoms with E-state index in [1.165, 1.54) is 4.90 Å². The van der Waals surface area contributed by atoms with Crippen LogP contribution in [0.3, 0.4) is 0 Å². The van der Waals surface area contributed by atoms with Crippen LogP contribution in [0.5, 0.6) is 5.75 Å². The predicted molar refractivity (Wildman–Crippen MR) is 159 cm³/mol. The molecule has 0 bridgehead atoms. The second-order valence-electron chi connectivity index (χ2n) is 10.1. The Balaban J connectivity index is 2.02. The summed E-state index contributed by atoms with van der Waals surface area (Å²) in [6.45, 7) is 7.72. The third kappa shape index (κ3) is 8.84. The van der Waals surface area contributed by atoms with Gasteiger partial charge >= 0.3 is 0 Å². The predicted octanol–water partition coefficient (Wildman–Crippen LogP) is 4.32. The van der Waals surface area contributed by atoms with Crippen LogP contribution in [0, 0.1) is 6.92 Å². The number of ether oxygens (including phenoxy) is 1. The third-order valence-corrected chi connectivity index (χ3v) is 7.43.